The molecule has 0 saturated carbocycles. The van der Waals surface area contributed by atoms with Crippen molar-refractivity contribution in [3.05, 3.63) is 41.3 Å². The van der Waals surface area contributed by atoms with Crippen molar-refractivity contribution in [2.24, 2.45) is 0 Å². The van der Waals surface area contributed by atoms with Crippen LogP contribution in [0.2, 0.25) is 0 Å². The monoisotopic (exact) mass is 319 g/mol. The largest absolute Gasteiger partial charge is 0.329 e. The number of piperidine rings is 1. The molecular formula is C15H18BrN3. The van der Waals surface area contributed by atoms with E-state index in [0.717, 1.165) is 17.6 Å². The predicted molar refractivity (Wildman–Crippen MR) is 81.0 cm³/mol. The van der Waals surface area contributed by atoms with Crippen molar-refractivity contribution in [2.45, 2.75) is 31.8 Å². The number of imidazole rings is 1. The minimum Gasteiger partial charge on any atom is -0.329 e. The Hall–Kier alpha value is -1.13. The molecule has 0 aliphatic carbocycles. The molecule has 3 rings (SSSR count). The van der Waals surface area contributed by atoms with Gasteiger partial charge in [0.25, 0.3) is 0 Å². The molecule has 0 amide bonds. The number of halogens is 1. The quantitative estimate of drug-likeness (QED) is 0.939. The van der Waals surface area contributed by atoms with Gasteiger partial charge in [0, 0.05) is 22.6 Å². The lowest BCUT2D eigenvalue weighted by atomic mass is 10.0. The molecule has 4 heteroatoms. The average molecular weight is 320 g/mol. The summed E-state index contributed by atoms with van der Waals surface area (Å²) in [5.41, 5.74) is 2.38. The predicted octanol–water partition coefficient (Wildman–Crippen LogP) is 3.45. The van der Waals surface area contributed by atoms with Crippen LogP contribution in [0.3, 0.4) is 0 Å². The fourth-order valence-corrected chi connectivity index (χ4v) is 3.16. The Balaban J connectivity index is 1.84. The Morgan fingerprint density at radius 2 is 2.21 bits per heavy atom. The van der Waals surface area contributed by atoms with Gasteiger partial charge in [-0.2, -0.15) is 0 Å². The maximum Gasteiger partial charge on any atom is 0.0951 e. The van der Waals surface area contributed by atoms with Crippen LogP contribution in [0.15, 0.2) is 41.3 Å². The molecule has 1 aromatic carbocycles. The highest BCUT2D eigenvalue weighted by molar-refractivity contribution is 9.10. The maximum atomic E-state index is 4.32. The highest BCUT2D eigenvalue weighted by Gasteiger charge is 2.15. The molecule has 1 saturated heterocycles. The van der Waals surface area contributed by atoms with Crippen LogP contribution < -0.4 is 5.32 Å². The van der Waals surface area contributed by atoms with E-state index in [1.165, 1.54) is 30.5 Å². The van der Waals surface area contributed by atoms with E-state index in [9.17, 15) is 0 Å². The number of rotatable bonds is 3. The zero-order valence-electron chi connectivity index (χ0n) is 10.8. The van der Waals surface area contributed by atoms with Crippen LogP contribution in [-0.4, -0.2) is 22.1 Å². The third kappa shape index (κ3) is 2.90. The molecule has 2 aromatic rings. The van der Waals surface area contributed by atoms with E-state index in [0.29, 0.717) is 6.04 Å². The van der Waals surface area contributed by atoms with Gasteiger partial charge < -0.3 is 9.88 Å². The van der Waals surface area contributed by atoms with E-state index in [-0.39, 0.29) is 0 Å². The van der Waals surface area contributed by atoms with Crippen LogP contribution >= 0.6 is 15.9 Å². The second-order valence-corrected chi connectivity index (χ2v) is 5.91. The first-order valence-electron chi connectivity index (χ1n) is 6.83. The van der Waals surface area contributed by atoms with Crippen molar-refractivity contribution in [3.63, 3.8) is 0 Å². The molecule has 1 aliphatic rings. The molecule has 1 aromatic heterocycles. The number of nitrogens with zero attached hydrogens (tertiary/aromatic N) is 2. The van der Waals surface area contributed by atoms with Gasteiger partial charge >= 0.3 is 0 Å². The van der Waals surface area contributed by atoms with Gasteiger partial charge in [-0.05, 0) is 25.5 Å². The molecule has 1 aliphatic heterocycles. The van der Waals surface area contributed by atoms with Crippen LogP contribution in [0.1, 0.15) is 19.3 Å². The van der Waals surface area contributed by atoms with Crippen molar-refractivity contribution in [3.8, 4) is 11.3 Å². The Bertz CT molecular complexity index is 544. The molecule has 0 spiro atoms. The molecule has 1 N–H and O–H groups in total. The fourth-order valence-electron chi connectivity index (χ4n) is 2.68. The summed E-state index contributed by atoms with van der Waals surface area (Å²) in [5.74, 6) is 0. The van der Waals surface area contributed by atoms with Gasteiger partial charge in [-0.25, -0.2) is 4.98 Å². The van der Waals surface area contributed by atoms with Crippen LogP contribution in [0.5, 0.6) is 0 Å². The molecular weight excluding hydrogens is 302 g/mol. The highest BCUT2D eigenvalue weighted by atomic mass is 79.9. The van der Waals surface area contributed by atoms with Crippen molar-refractivity contribution in [1.82, 2.24) is 14.9 Å². The standard InChI is InChI=1S/C15H18BrN3/c16-14-7-2-1-6-13(14)15-9-17-11-19(15)10-12-5-3-4-8-18-12/h1-2,6-7,9,11-12,18H,3-5,8,10H2. The Morgan fingerprint density at radius 3 is 3.00 bits per heavy atom. The van der Waals surface area contributed by atoms with Crippen LogP contribution in [-0.2, 0) is 6.54 Å². The first-order chi connectivity index (χ1) is 9.34. The van der Waals surface area contributed by atoms with Gasteiger partial charge in [0.15, 0.2) is 0 Å². The topological polar surface area (TPSA) is 29.9 Å². The Kier molecular flexibility index (Phi) is 3.99. The zero-order valence-corrected chi connectivity index (χ0v) is 12.4. The van der Waals surface area contributed by atoms with E-state index in [1.807, 2.05) is 18.6 Å². The van der Waals surface area contributed by atoms with Crippen LogP contribution in [0, 0.1) is 0 Å². The number of hydrogen-bond acceptors (Lipinski definition) is 2. The lowest BCUT2D eigenvalue weighted by Gasteiger charge is -2.24. The second-order valence-electron chi connectivity index (χ2n) is 5.06. The van der Waals surface area contributed by atoms with Crippen molar-refractivity contribution >= 4 is 15.9 Å². The first kappa shape index (κ1) is 12.9. The molecule has 19 heavy (non-hydrogen) atoms. The summed E-state index contributed by atoms with van der Waals surface area (Å²) >= 11 is 3.62. The smallest absolute Gasteiger partial charge is 0.0951 e. The number of hydrogen-bond donors (Lipinski definition) is 1. The number of nitrogens with one attached hydrogen (secondary N) is 1. The second kappa shape index (κ2) is 5.88. The van der Waals surface area contributed by atoms with Gasteiger partial charge in [-0.3, -0.25) is 0 Å². The van der Waals surface area contributed by atoms with Crippen molar-refractivity contribution in [1.29, 1.82) is 0 Å². The van der Waals surface area contributed by atoms with Crippen LogP contribution in [0.4, 0.5) is 0 Å². The maximum absolute atomic E-state index is 4.32. The lowest BCUT2D eigenvalue weighted by molar-refractivity contribution is 0.364. The van der Waals surface area contributed by atoms with Gasteiger partial charge in [0.05, 0.1) is 18.2 Å². The van der Waals surface area contributed by atoms with E-state index in [1.54, 1.807) is 0 Å². The van der Waals surface area contributed by atoms with Gasteiger partial charge in [-0.1, -0.05) is 40.5 Å². The summed E-state index contributed by atoms with van der Waals surface area (Å²) in [4.78, 5) is 4.32. The van der Waals surface area contributed by atoms with Gasteiger partial charge in [0.1, 0.15) is 0 Å². The normalized spacial score (nSPS) is 19.5. The summed E-state index contributed by atoms with van der Waals surface area (Å²) in [7, 11) is 0. The molecule has 2 heterocycles. The molecule has 3 nitrogen and oxygen atoms in total. The fraction of sp³-hybridized carbons (Fsp3) is 0.400. The zero-order chi connectivity index (χ0) is 13.1. The molecule has 1 unspecified atom stereocenters. The van der Waals surface area contributed by atoms with Gasteiger partial charge in [-0.15, -0.1) is 0 Å². The van der Waals surface area contributed by atoms with E-state index in [2.05, 4.69) is 49.0 Å². The summed E-state index contributed by atoms with van der Waals surface area (Å²) in [6.45, 7) is 2.14. The lowest BCUT2D eigenvalue weighted by Crippen LogP contribution is -2.37. The summed E-state index contributed by atoms with van der Waals surface area (Å²) in [6.07, 6.45) is 7.77. The number of aromatic nitrogens is 2. The molecule has 0 bridgehead atoms. The Labute approximate surface area is 122 Å². The molecule has 1 fully saturated rings. The minimum absolute atomic E-state index is 0.573. The highest BCUT2D eigenvalue weighted by Crippen LogP contribution is 2.28. The van der Waals surface area contributed by atoms with E-state index < -0.39 is 0 Å². The molecule has 0 radical (unpaired) electrons. The SMILES string of the molecule is Brc1ccccc1-c1cncn1CC1CCCCN1. The first-order valence-corrected chi connectivity index (χ1v) is 7.62. The van der Waals surface area contributed by atoms with E-state index in [4.69, 9.17) is 0 Å². The average Bonchev–Trinajstić information content (AvgIpc) is 2.88. The summed E-state index contributed by atoms with van der Waals surface area (Å²) in [5, 5.41) is 3.59. The third-order valence-corrected chi connectivity index (χ3v) is 4.38. The summed E-state index contributed by atoms with van der Waals surface area (Å²) < 4.78 is 3.37. The minimum atomic E-state index is 0.573. The number of benzene rings is 1. The summed E-state index contributed by atoms with van der Waals surface area (Å²) in [6, 6.07) is 8.88. The molecule has 100 valence electrons. The Morgan fingerprint density at radius 1 is 1.32 bits per heavy atom. The van der Waals surface area contributed by atoms with Gasteiger partial charge in [0.2, 0.25) is 0 Å². The van der Waals surface area contributed by atoms with Crippen LogP contribution in [0.25, 0.3) is 11.3 Å². The van der Waals surface area contributed by atoms with E-state index >= 15 is 0 Å². The third-order valence-electron chi connectivity index (χ3n) is 3.69. The molecule has 1 atom stereocenters. The van der Waals surface area contributed by atoms with Crippen molar-refractivity contribution < 1.29 is 0 Å². The van der Waals surface area contributed by atoms with Crippen molar-refractivity contribution in [2.75, 3.05) is 6.54 Å².